The first-order valence-corrected chi connectivity index (χ1v) is 6.36. The van der Waals surface area contributed by atoms with Crippen molar-refractivity contribution in [1.82, 2.24) is 4.90 Å². The number of hydrogen-bond donors (Lipinski definition) is 0. The van der Waals surface area contributed by atoms with E-state index in [0.29, 0.717) is 12.6 Å². The number of ketones is 1. The van der Waals surface area contributed by atoms with Crippen molar-refractivity contribution in [2.75, 3.05) is 13.1 Å². The van der Waals surface area contributed by atoms with Gasteiger partial charge in [0.25, 0.3) is 0 Å². The molecule has 82 valence electrons. The Morgan fingerprint density at radius 3 is 2.73 bits per heavy atom. The number of hydrogen-bond acceptors (Lipinski definition) is 3. The summed E-state index contributed by atoms with van der Waals surface area (Å²) < 4.78 is 0. The third-order valence-corrected chi connectivity index (χ3v) is 3.87. The molecule has 1 aliphatic rings. The second-order valence-corrected chi connectivity index (χ2v) is 5.42. The summed E-state index contributed by atoms with van der Waals surface area (Å²) in [6, 6.07) is 4.65. The van der Waals surface area contributed by atoms with Crippen molar-refractivity contribution >= 4 is 17.1 Å². The monoisotopic (exact) mass is 223 g/mol. The second kappa shape index (κ2) is 4.45. The van der Waals surface area contributed by atoms with Gasteiger partial charge in [0.15, 0.2) is 5.78 Å². The normalized spacial score (nSPS) is 15.9. The summed E-state index contributed by atoms with van der Waals surface area (Å²) >= 11 is 1.60. The standard InChI is InChI=1S/C12H17NOS/c1-3-13(10-5-6-10)8-11(14)12-7-4-9(2)15-12/h4,7,10H,3,5-6,8H2,1-2H3. The van der Waals surface area contributed by atoms with Crippen LogP contribution in [0.1, 0.15) is 34.3 Å². The molecule has 0 spiro atoms. The largest absolute Gasteiger partial charge is 0.293 e. The molecule has 1 saturated carbocycles. The molecular formula is C12H17NOS. The predicted molar refractivity (Wildman–Crippen MR) is 63.7 cm³/mol. The highest BCUT2D eigenvalue weighted by atomic mass is 32.1. The zero-order valence-corrected chi connectivity index (χ0v) is 10.1. The summed E-state index contributed by atoms with van der Waals surface area (Å²) in [5.41, 5.74) is 0. The first-order chi connectivity index (χ1) is 7.20. The maximum atomic E-state index is 11.9. The molecule has 0 radical (unpaired) electrons. The molecule has 1 aromatic heterocycles. The van der Waals surface area contributed by atoms with Crippen LogP contribution in [0.25, 0.3) is 0 Å². The van der Waals surface area contributed by atoms with Crippen molar-refractivity contribution in [2.45, 2.75) is 32.7 Å². The molecule has 0 atom stereocenters. The summed E-state index contributed by atoms with van der Waals surface area (Å²) in [5.74, 6) is 0.279. The van der Waals surface area contributed by atoms with Gasteiger partial charge in [-0.15, -0.1) is 11.3 Å². The number of Topliss-reactive ketones (excluding diaryl/α,β-unsaturated/α-hetero) is 1. The van der Waals surface area contributed by atoms with Crippen molar-refractivity contribution in [1.29, 1.82) is 0 Å². The molecule has 2 nitrogen and oxygen atoms in total. The van der Waals surface area contributed by atoms with Gasteiger partial charge in [0, 0.05) is 10.9 Å². The highest BCUT2D eigenvalue weighted by molar-refractivity contribution is 7.14. The molecule has 15 heavy (non-hydrogen) atoms. The lowest BCUT2D eigenvalue weighted by Crippen LogP contribution is -2.31. The number of carbonyl (C=O) groups excluding carboxylic acids is 1. The summed E-state index contributed by atoms with van der Waals surface area (Å²) in [5, 5.41) is 0. The smallest absolute Gasteiger partial charge is 0.186 e. The zero-order valence-electron chi connectivity index (χ0n) is 9.32. The highest BCUT2D eigenvalue weighted by Gasteiger charge is 2.29. The van der Waals surface area contributed by atoms with E-state index in [1.54, 1.807) is 11.3 Å². The molecule has 0 bridgehead atoms. The fraction of sp³-hybridized carbons (Fsp3) is 0.583. The van der Waals surface area contributed by atoms with Crippen LogP contribution in [0.4, 0.5) is 0 Å². The van der Waals surface area contributed by atoms with Gasteiger partial charge in [-0.2, -0.15) is 0 Å². The predicted octanol–water partition coefficient (Wildman–Crippen LogP) is 2.72. The number of carbonyl (C=O) groups is 1. The SMILES string of the molecule is CCN(CC(=O)c1ccc(C)s1)C1CC1. The first-order valence-electron chi connectivity index (χ1n) is 5.54. The van der Waals surface area contributed by atoms with E-state index < -0.39 is 0 Å². The van der Waals surface area contributed by atoms with E-state index in [1.807, 2.05) is 19.1 Å². The fourth-order valence-corrected chi connectivity index (χ4v) is 2.58. The molecule has 1 heterocycles. The molecule has 1 aliphatic carbocycles. The van der Waals surface area contributed by atoms with Crippen LogP contribution in [0.15, 0.2) is 12.1 Å². The third kappa shape index (κ3) is 2.67. The summed E-state index contributed by atoms with van der Waals surface area (Å²) in [4.78, 5) is 16.3. The molecule has 3 heteroatoms. The number of likely N-dealkylation sites (N-methyl/N-ethyl adjacent to an activating group) is 1. The maximum absolute atomic E-state index is 11.9. The van der Waals surface area contributed by atoms with E-state index in [1.165, 1.54) is 17.7 Å². The summed E-state index contributed by atoms with van der Waals surface area (Å²) in [6.07, 6.45) is 2.54. The number of thiophene rings is 1. The molecule has 1 aromatic rings. The van der Waals surface area contributed by atoms with Crippen LogP contribution < -0.4 is 0 Å². The maximum Gasteiger partial charge on any atom is 0.186 e. The Morgan fingerprint density at radius 2 is 2.27 bits per heavy atom. The van der Waals surface area contributed by atoms with E-state index in [-0.39, 0.29) is 5.78 Å². The Kier molecular flexibility index (Phi) is 3.22. The zero-order chi connectivity index (χ0) is 10.8. The molecule has 0 N–H and O–H groups in total. The number of aryl methyl sites for hydroxylation is 1. The Labute approximate surface area is 94.9 Å². The van der Waals surface area contributed by atoms with Crippen molar-refractivity contribution in [2.24, 2.45) is 0 Å². The van der Waals surface area contributed by atoms with Crippen molar-refractivity contribution in [3.8, 4) is 0 Å². The van der Waals surface area contributed by atoms with Gasteiger partial charge in [0.2, 0.25) is 0 Å². The molecule has 0 unspecified atom stereocenters. The van der Waals surface area contributed by atoms with Crippen LogP contribution in [0.2, 0.25) is 0 Å². The first kappa shape index (κ1) is 10.8. The van der Waals surface area contributed by atoms with E-state index in [9.17, 15) is 4.79 Å². The fourth-order valence-electron chi connectivity index (χ4n) is 1.79. The molecule has 0 saturated heterocycles. The van der Waals surface area contributed by atoms with Crippen LogP contribution in [-0.2, 0) is 0 Å². The Balaban J connectivity index is 1.96. The Hall–Kier alpha value is -0.670. The average molecular weight is 223 g/mol. The Bertz CT molecular complexity index is 354. The van der Waals surface area contributed by atoms with Gasteiger partial charge in [-0.25, -0.2) is 0 Å². The average Bonchev–Trinajstić information content (AvgIpc) is 2.97. The van der Waals surface area contributed by atoms with Crippen LogP contribution >= 0.6 is 11.3 Å². The highest BCUT2D eigenvalue weighted by Crippen LogP contribution is 2.27. The van der Waals surface area contributed by atoms with E-state index in [2.05, 4.69) is 11.8 Å². The molecule has 2 rings (SSSR count). The van der Waals surface area contributed by atoms with Gasteiger partial charge in [-0.05, 0) is 38.4 Å². The van der Waals surface area contributed by atoms with Gasteiger partial charge in [-0.3, -0.25) is 9.69 Å². The van der Waals surface area contributed by atoms with E-state index >= 15 is 0 Å². The third-order valence-electron chi connectivity index (χ3n) is 2.83. The summed E-state index contributed by atoms with van der Waals surface area (Å²) in [6.45, 7) is 5.76. The van der Waals surface area contributed by atoms with Crippen LogP contribution in [0.3, 0.4) is 0 Å². The number of rotatable bonds is 5. The minimum absolute atomic E-state index is 0.279. The molecular weight excluding hydrogens is 206 g/mol. The topological polar surface area (TPSA) is 20.3 Å². The Morgan fingerprint density at radius 1 is 1.53 bits per heavy atom. The van der Waals surface area contributed by atoms with Crippen LogP contribution in [0.5, 0.6) is 0 Å². The molecule has 0 aromatic carbocycles. The number of nitrogens with zero attached hydrogens (tertiary/aromatic N) is 1. The lowest BCUT2D eigenvalue weighted by molar-refractivity contribution is 0.0932. The minimum atomic E-state index is 0.279. The lowest BCUT2D eigenvalue weighted by atomic mass is 10.3. The van der Waals surface area contributed by atoms with Gasteiger partial charge in [-0.1, -0.05) is 6.92 Å². The van der Waals surface area contributed by atoms with Gasteiger partial charge < -0.3 is 0 Å². The van der Waals surface area contributed by atoms with Gasteiger partial charge in [0.1, 0.15) is 0 Å². The van der Waals surface area contributed by atoms with Crippen molar-refractivity contribution < 1.29 is 4.79 Å². The molecule has 0 amide bonds. The van der Waals surface area contributed by atoms with Gasteiger partial charge >= 0.3 is 0 Å². The van der Waals surface area contributed by atoms with Gasteiger partial charge in [0.05, 0.1) is 11.4 Å². The summed E-state index contributed by atoms with van der Waals surface area (Å²) in [7, 11) is 0. The second-order valence-electron chi connectivity index (χ2n) is 4.13. The van der Waals surface area contributed by atoms with Crippen LogP contribution in [-0.4, -0.2) is 29.8 Å². The quantitative estimate of drug-likeness (QED) is 0.715. The van der Waals surface area contributed by atoms with E-state index in [4.69, 9.17) is 0 Å². The van der Waals surface area contributed by atoms with Crippen LogP contribution in [0, 0.1) is 6.92 Å². The minimum Gasteiger partial charge on any atom is -0.293 e. The van der Waals surface area contributed by atoms with Crippen molar-refractivity contribution in [3.05, 3.63) is 21.9 Å². The van der Waals surface area contributed by atoms with Crippen molar-refractivity contribution in [3.63, 3.8) is 0 Å². The molecule has 1 fully saturated rings. The van der Waals surface area contributed by atoms with E-state index in [0.717, 1.165) is 11.4 Å². The lowest BCUT2D eigenvalue weighted by Gasteiger charge is -2.17. The molecule has 0 aliphatic heterocycles.